The first kappa shape index (κ1) is 24.4. The molecule has 6 atom stereocenters. The Balaban J connectivity index is 1.94. The van der Waals surface area contributed by atoms with Crippen molar-refractivity contribution in [1.29, 1.82) is 0 Å². The minimum atomic E-state index is -0.857. The average Bonchev–Trinajstić information content (AvgIpc) is 3.14. The second kappa shape index (κ2) is 7.64. The summed E-state index contributed by atoms with van der Waals surface area (Å²) < 4.78 is 23.9. The molecule has 1 saturated carbocycles. The van der Waals surface area contributed by atoms with Gasteiger partial charge in [0.05, 0.1) is 19.1 Å². The summed E-state index contributed by atoms with van der Waals surface area (Å²) >= 11 is 0. The Morgan fingerprint density at radius 1 is 1.15 bits per heavy atom. The van der Waals surface area contributed by atoms with E-state index in [0.717, 1.165) is 24.0 Å². The fourth-order valence-corrected chi connectivity index (χ4v) is 7.70. The first-order chi connectivity index (χ1) is 15.2. The number of rotatable bonds is 4. The Labute approximate surface area is 196 Å². The lowest BCUT2D eigenvalue weighted by molar-refractivity contribution is -0.174. The van der Waals surface area contributed by atoms with Gasteiger partial charge in [-0.3, -0.25) is 14.4 Å². The molecule has 184 valence electrons. The average molecular weight is 463 g/mol. The topological polar surface area (TPSA) is 88.1 Å². The summed E-state index contributed by atoms with van der Waals surface area (Å²) in [5, 5.41) is 0. The summed E-state index contributed by atoms with van der Waals surface area (Å²) in [6.45, 7) is 13.4. The first-order valence-electron chi connectivity index (χ1n) is 12.1. The molecular formula is C26H38O7. The smallest absolute Gasteiger partial charge is 0.311 e. The maximum atomic E-state index is 13.9. The molecule has 0 bridgehead atoms. The van der Waals surface area contributed by atoms with Gasteiger partial charge in [0.15, 0.2) is 11.6 Å². The Hall–Kier alpha value is -1.73. The number of hydrogen-bond donors (Lipinski definition) is 0. The van der Waals surface area contributed by atoms with Crippen LogP contribution in [0.4, 0.5) is 0 Å². The molecule has 7 nitrogen and oxygen atoms in total. The predicted octanol–water partition coefficient (Wildman–Crippen LogP) is 3.98. The van der Waals surface area contributed by atoms with Gasteiger partial charge < -0.3 is 18.9 Å². The van der Waals surface area contributed by atoms with Crippen LogP contribution in [0.5, 0.6) is 0 Å². The second-order valence-corrected chi connectivity index (χ2v) is 11.6. The first-order valence-corrected chi connectivity index (χ1v) is 12.1. The number of esters is 2. The molecule has 7 heteroatoms. The highest BCUT2D eigenvalue weighted by molar-refractivity contribution is 6.01. The monoisotopic (exact) mass is 462 g/mol. The number of carbonyl (C=O) groups is 3. The molecule has 33 heavy (non-hydrogen) atoms. The zero-order valence-electron chi connectivity index (χ0n) is 21.2. The molecular weight excluding hydrogens is 424 g/mol. The molecule has 2 fully saturated rings. The molecule has 0 spiro atoms. The normalized spacial score (nSPS) is 41.5. The number of fused-ring (bicyclic) bond motifs is 4. The maximum Gasteiger partial charge on any atom is 0.311 e. The largest absolute Gasteiger partial charge is 0.469 e. The molecule has 0 aromatic carbocycles. The summed E-state index contributed by atoms with van der Waals surface area (Å²) in [4.78, 5) is 38.9. The molecule has 0 aromatic rings. The van der Waals surface area contributed by atoms with Crippen molar-refractivity contribution >= 4 is 17.7 Å². The van der Waals surface area contributed by atoms with E-state index >= 15 is 0 Å². The minimum absolute atomic E-state index is 0.0269. The number of methoxy groups -OCH3 is 1. The van der Waals surface area contributed by atoms with Crippen LogP contribution in [0.1, 0.15) is 74.1 Å². The van der Waals surface area contributed by atoms with E-state index in [9.17, 15) is 14.4 Å². The SMILES string of the molecule is COC(=O)C1(C)CCC[C@]2(C)C3=C([C@@H](COC(C)=O)[C@@H]12)[C@H]1OC(C)(C)O[C@@]1(C(C)C)CC3=O. The van der Waals surface area contributed by atoms with Gasteiger partial charge in [-0.2, -0.15) is 0 Å². The lowest BCUT2D eigenvalue weighted by Gasteiger charge is -2.50. The van der Waals surface area contributed by atoms with Gasteiger partial charge in [-0.05, 0) is 51.0 Å². The molecule has 3 aliphatic carbocycles. The third-order valence-electron chi connectivity index (χ3n) is 8.80. The predicted molar refractivity (Wildman–Crippen MR) is 120 cm³/mol. The Morgan fingerprint density at radius 2 is 1.82 bits per heavy atom. The van der Waals surface area contributed by atoms with E-state index in [1.165, 1.54) is 14.0 Å². The third kappa shape index (κ3) is 3.33. The second-order valence-electron chi connectivity index (χ2n) is 11.6. The summed E-state index contributed by atoms with van der Waals surface area (Å²) in [5.41, 5.74) is -0.491. The van der Waals surface area contributed by atoms with Crippen molar-refractivity contribution in [2.24, 2.45) is 28.6 Å². The lowest BCUT2D eigenvalue weighted by atomic mass is 9.53. The van der Waals surface area contributed by atoms with Gasteiger partial charge in [-0.15, -0.1) is 0 Å². The van der Waals surface area contributed by atoms with Gasteiger partial charge in [0.2, 0.25) is 0 Å². The van der Waals surface area contributed by atoms with Gasteiger partial charge in [-0.1, -0.05) is 27.2 Å². The number of hydrogen-bond acceptors (Lipinski definition) is 7. The van der Waals surface area contributed by atoms with E-state index in [1.807, 2.05) is 20.8 Å². The highest BCUT2D eigenvalue weighted by Crippen LogP contribution is 2.68. The number of ether oxygens (including phenoxy) is 4. The highest BCUT2D eigenvalue weighted by Gasteiger charge is 2.70. The van der Waals surface area contributed by atoms with Crippen LogP contribution in [-0.2, 0) is 33.3 Å². The summed E-state index contributed by atoms with van der Waals surface area (Å²) in [5.74, 6) is -2.01. The van der Waals surface area contributed by atoms with Gasteiger partial charge in [-0.25, -0.2) is 0 Å². The summed E-state index contributed by atoms with van der Waals surface area (Å²) in [7, 11) is 1.41. The van der Waals surface area contributed by atoms with E-state index in [1.54, 1.807) is 0 Å². The van der Waals surface area contributed by atoms with Crippen molar-refractivity contribution in [3.63, 3.8) is 0 Å². The van der Waals surface area contributed by atoms with Crippen LogP contribution >= 0.6 is 0 Å². The molecule has 4 aliphatic rings. The molecule has 4 rings (SSSR count). The number of Topliss-reactive ketones (excluding diaryl/α,β-unsaturated/α-hetero) is 1. The number of ketones is 1. The van der Waals surface area contributed by atoms with Crippen LogP contribution < -0.4 is 0 Å². The molecule has 0 N–H and O–H groups in total. The Bertz CT molecular complexity index is 918. The van der Waals surface area contributed by atoms with Crippen LogP contribution in [0.25, 0.3) is 0 Å². The Morgan fingerprint density at radius 3 is 2.39 bits per heavy atom. The standard InChI is InChI=1S/C26H38O7/c1-14(2)26-12-17(28)19-18(21(26)32-23(4,5)33-26)16(13-31-15(3)27)20-24(19,6)10-9-11-25(20,7)22(29)30-8/h14,16,20-21H,9-13H2,1-8H3/t16-,20-,21-,24-,25?,26-/m1/s1. The molecule has 1 unspecified atom stereocenters. The van der Waals surface area contributed by atoms with Crippen LogP contribution in [0.3, 0.4) is 0 Å². The molecule has 0 amide bonds. The lowest BCUT2D eigenvalue weighted by Crippen LogP contribution is -2.52. The van der Waals surface area contributed by atoms with Gasteiger partial charge in [0, 0.05) is 30.3 Å². The number of carbonyl (C=O) groups excluding carboxylic acids is 3. The van der Waals surface area contributed by atoms with Crippen molar-refractivity contribution in [1.82, 2.24) is 0 Å². The quantitative estimate of drug-likeness (QED) is 0.584. The molecule has 0 radical (unpaired) electrons. The fraction of sp³-hybridized carbons (Fsp3) is 0.808. The van der Waals surface area contributed by atoms with Crippen molar-refractivity contribution < 1.29 is 33.3 Å². The van der Waals surface area contributed by atoms with E-state index < -0.39 is 28.3 Å². The van der Waals surface area contributed by atoms with E-state index in [-0.39, 0.29) is 48.5 Å². The summed E-state index contributed by atoms with van der Waals surface area (Å²) in [6.07, 6.45) is 2.07. The zero-order valence-corrected chi connectivity index (χ0v) is 21.2. The van der Waals surface area contributed by atoms with E-state index in [0.29, 0.717) is 6.42 Å². The third-order valence-corrected chi connectivity index (χ3v) is 8.80. The van der Waals surface area contributed by atoms with Crippen molar-refractivity contribution in [2.45, 2.75) is 91.6 Å². The fourth-order valence-electron chi connectivity index (χ4n) is 7.70. The van der Waals surface area contributed by atoms with Crippen molar-refractivity contribution in [3.8, 4) is 0 Å². The van der Waals surface area contributed by atoms with Gasteiger partial charge >= 0.3 is 11.9 Å². The molecule has 1 heterocycles. The van der Waals surface area contributed by atoms with Crippen LogP contribution in [0.2, 0.25) is 0 Å². The minimum Gasteiger partial charge on any atom is -0.469 e. The van der Waals surface area contributed by atoms with E-state index in [2.05, 4.69) is 20.8 Å². The molecule has 0 aromatic heterocycles. The van der Waals surface area contributed by atoms with Crippen LogP contribution in [-0.4, -0.2) is 48.9 Å². The van der Waals surface area contributed by atoms with Gasteiger partial charge in [0.25, 0.3) is 0 Å². The molecule has 1 aliphatic heterocycles. The van der Waals surface area contributed by atoms with Crippen molar-refractivity contribution in [2.75, 3.05) is 13.7 Å². The summed E-state index contributed by atoms with van der Waals surface area (Å²) in [6, 6.07) is 0. The number of allylic oxidation sites excluding steroid dienone is 1. The zero-order chi connectivity index (χ0) is 24.6. The Kier molecular flexibility index (Phi) is 5.65. The highest BCUT2D eigenvalue weighted by atomic mass is 16.8. The van der Waals surface area contributed by atoms with Crippen LogP contribution in [0.15, 0.2) is 11.1 Å². The van der Waals surface area contributed by atoms with Crippen LogP contribution in [0, 0.1) is 28.6 Å². The van der Waals surface area contributed by atoms with Crippen molar-refractivity contribution in [3.05, 3.63) is 11.1 Å². The molecule has 1 saturated heterocycles. The van der Waals surface area contributed by atoms with E-state index in [4.69, 9.17) is 18.9 Å². The maximum absolute atomic E-state index is 13.9. The van der Waals surface area contributed by atoms with Gasteiger partial charge in [0.1, 0.15) is 11.7 Å².